The van der Waals surface area contributed by atoms with Gasteiger partial charge in [0.15, 0.2) is 0 Å². The van der Waals surface area contributed by atoms with E-state index in [1.807, 2.05) is 18.2 Å². The maximum Gasteiger partial charge on any atom is 0.0771 e. The predicted molar refractivity (Wildman–Crippen MR) is 111 cm³/mol. The van der Waals surface area contributed by atoms with Crippen LogP contribution in [0.25, 0.3) is 38.6 Å². The third kappa shape index (κ3) is 2.20. The number of benzene rings is 4. The Morgan fingerprint density at radius 1 is 0.577 bits per heavy atom. The van der Waals surface area contributed by atoms with Gasteiger partial charge in [-0.3, -0.25) is 0 Å². The SMILES string of the molecule is Nc1cccc2c3ccccc3n(-c3cccc(-c4ccccc4)c3)c12. The quantitative estimate of drug-likeness (QED) is 0.392. The Bertz CT molecular complexity index is 1230. The van der Waals surface area contributed by atoms with Gasteiger partial charge in [0, 0.05) is 16.5 Å². The van der Waals surface area contributed by atoms with Gasteiger partial charge < -0.3 is 10.3 Å². The van der Waals surface area contributed by atoms with Crippen LogP contribution in [0.5, 0.6) is 0 Å². The fourth-order valence-electron chi connectivity index (χ4n) is 3.77. The Morgan fingerprint density at radius 2 is 1.27 bits per heavy atom. The fraction of sp³-hybridized carbons (Fsp3) is 0. The monoisotopic (exact) mass is 334 g/mol. The number of aromatic nitrogens is 1. The molecule has 4 aromatic carbocycles. The summed E-state index contributed by atoms with van der Waals surface area (Å²) in [5, 5.41) is 2.41. The summed E-state index contributed by atoms with van der Waals surface area (Å²) in [4.78, 5) is 0. The number of para-hydroxylation sites is 2. The van der Waals surface area contributed by atoms with E-state index >= 15 is 0 Å². The van der Waals surface area contributed by atoms with E-state index in [0.29, 0.717) is 0 Å². The van der Waals surface area contributed by atoms with Crippen molar-refractivity contribution in [3.05, 3.63) is 97.1 Å². The van der Waals surface area contributed by atoms with Crippen LogP contribution in [0.1, 0.15) is 0 Å². The summed E-state index contributed by atoms with van der Waals surface area (Å²) in [6.07, 6.45) is 0. The third-order valence-electron chi connectivity index (χ3n) is 4.94. The van der Waals surface area contributed by atoms with Crippen LogP contribution in [0.3, 0.4) is 0 Å². The summed E-state index contributed by atoms with van der Waals surface area (Å²) in [5.74, 6) is 0. The van der Waals surface area contributed by atoms with Gasteiger partial charge >= 0.3 is 0 Å². The zero-order valence-electron chi connectivity index (χ0n) is 14.3. The Morgan fingerprint density at radius 3 is 2.15 bits per heavy atom. The van der Waals surface area contributed by atoms with Crippen molar-refractivity contribution < 1.29 is 0 Å². The zero-order chi connectivity index (χ0) is 17.5. The van der Waals surface area contributed by atoms with Crippen LogP contribution in [0.4, 0.5) is 5.69 Å². The number of anilines is 1. The van der Waals surface area contributed by atoms with E-state index in [4.69, 9.17) is 5.73 Å². The lowest BCUT2D eigenvalue weighted by Crippen LogP contribution is -1.97. The van der Waals surface area contributed by atoms with Crippen molar-refractivity contribution in [3.63, 3.8) is 0 Å². The van der Waals surface area contributed by atoms with Gasteiger partial charge in [-0.05, 0) is 35.4 Å². The molecule has 26 heavy (non-hydrogen) atoms. The molecule has 2 nitrogen and oxygen atoms in total. The highest BCUT2D eigenvalue weighted by atomic mass is 15.0. The number of hydrogen-bond acceptors (Lipinski definition) is 1. The Hall–Kier alpha value is -3.52. The number of nitrogens with zero attached hydrogens (tertiary/aromatic N) is 1. The molecule has 0 radical (unpaired) electrons. The molecule has 0 bridgehead atoms. The molecule has 0 aliphatic rings. The first-order valence-electron chi connectivity index (χ1n) is 8.76. The van der Waals surface area contributed by atoms with Gasteiger partial charge in [-0.2, -0.15) is 0 Å². The molecule has 5 aromatic rings. The van der Waals surface area contributed by atoms with E-state index in [9.17, 15) is 0 Å². The minimum absolute atomic E-state index is 0.795. The average Bonchev–Trinajstić information content (AvgIpc) is 3.05. The molecule has 0 spiro atoms. The first kappa shape index (κ1) is 14.8. The minimum atomic E-state index is 0.795. The van der Waals surface area contributed by atoms with E-state index in [0.717, 1.165) is 16.9 Å². The molecular formula is C24H18N2. The normalized spacial score (nSPS) is 11.2. The van der Waals surface area contributed by atoms with Crippen molar-refractivity contribution in [2.24, 2.45) is 0 Å². The minimum Gasteiger partial charge on any atom is -0.397 e. The van der Waals surface area contributed by atoms with Crippen molar-refractivity contribution >= 4 is 27.5 Å². The van der Waals surface area contributed by atoms with Gasteiger partial charge in [0.2, 0.25) is 0 Å². The van der Waals surface area contributed by atoms with E-state index in [1.54, 1.807) is 0 Å². The first-order chi connectivity index (χ1) is 12.8. The second-order valence-electron chi connectivity index (χ2n) is 6.51. The largest absolute Gasteiger partial charge is 0.397 e. The van der Waals surface area contributed by atoms with Crippen LogP contribution < -0.4 is 5.73 Å². The Kier molecular flexibility index (Phi) is 3.29. The van der Waals surface area contributed by atoms with Crippen LogP contribution in [-0.4, -0.2) is 4.57 Å². The van der Waals surface area contributed by atoms with Crippen molar-refractivity contribution in [2.45, 2.75) is 0 Å². The van der Waals surface area contributed by atoms with E-state index in [2.05, 4.69) is 83.4 Å². The topological polar surface area (TPSA) is 30.9 Å². The van der Waals surface area contributed by atoms with E-state index in [-0.39, 0.29) is 0 Å². The van der Waals surface area contributed by atoms with Gasteiger partial charge in [-0.1, -0.05) is 72.8 Å². The highest BCUT2D eigenvalue weighted by Gasteiger charge is 2.14. The Balaban J connectivity index is 1.85. The number of nitrogens with two attached hydrogens (primary N) is 1. The lowest BCUT2D eigenvalue weighted by molar-refractivity contribution is 1.18. The molecule has 5 rings (SSSR count). The molecule has 2 N–H and O–H groups in total. The molecule has 0 saturated heterocycles. The number of fused-ring (bicyclic) bond motifs is 3. The van der Waals surface area contributed by atoms with Crippen molar-refractivity contribution in [1.29, 1.82) is 0 Å². The van der Waals surface area contributed by atoms with Crippen LogP contribution in [-0.2, 0) is 0 Å². The van der Waals surface area contributed by atoms with Gasteiger partial charge in [0.25, 0.3) is 0 Å². The molecule has 0 aliphatic carbocycles. The predicted octanol–water partition coefficient (Wildman–Crippen LogP) is 6.03. The fourth-order valence-corrected chi connectivity index (χ4v) is 3.77. The number of rotatable bonds is 2. The van der Waals surface area contributed by atoms with E-state index < -0.39 is 0 Å². The van der Waals surface area contributed by atoms with Crippen LogP contribution in [0.15, 0.2) is 97.1 Å². The van der Waals surface area contributed by atoms with Crippen LogP contribution in [0, 0.1) is 0 Å². The maximum absolute atomic E-state index is 6.39. The van der Waals surface area contributed by atoms with Gasteiger partial charge in [0.05, 0.1) is 16.7 Å². The van der Waals surface area contributed by atoms with Crippen molar-refractivity contribution in [3.8, 4) is 16.8 Å². The van der Waals surface area contributed by atoms with E-state index in [1.165, 1.54) is 27.4 Å². The second-order valence-corrected chi connectivity index (χ2v) is 6.51. The molecular weight excluding hydrogens is 316 g/mol. The molecule has 0 aliphatic heterocycles. The summed E-state index contributed by atoms with van der Waals surface area (Å²) in [6.45, 7) is 0. The van der Waals surface area contributed by atoms with Crippen molar-refractivity contribution in [2.75, 3.05) is 5.73 Å². The smallest absolute Gasteiger partial charge is 0.0771 e. The lowest BCUT2D eigenvalue weighted by atomic mass is 10.1. The molecule has 1 aromatic heterocycles. The van der Waals surface area contributed by atoms with Gasteiger partial charge in [-0.25, -0.2) is 0 Å². The van der Waals surface area contributed by atoms with Crippen LogP contribution in [0.2, 0.25) is 0 Å². The lowest BCUT2D eigenvalue weighted by Gasteiger charge is -2.11. The van der Waals surface area contributed by atoms with Crippen LogP contribution >= 0.6 is 0 Å². The van der Waals surface area contributed by atoms with Crippen molar-refractivity contribution in [1.82, 2.24) is 4.57 Å². The third-order valence-corrected chi connectivity index (χ3v) is 4.94. The molecule has 0 saturated carbocycles. The van der Waals surface area contributed by atoms with Gasteiger partial charge in [-0.15, -0.1) is 0 Å². The molecule has 0 atom stereocenters. The maximum atomic E-state index is 6.39. The number of hydrogen-bond donors (Lipinski definition) is 1. The summed E-state index contributed by atoms with van der Waals surface area (Å²) in [6, 6.07) is 33.7. The summed E-state index contributed by atoms with van der Waals surface area (Å²) in [7, 11) is 0. The summed E-state index contributed by atoms with van der Waals surface area (Å²) >= 11 is 0. The molecule has 2 heteroatoms. The highest BCUT2D eigenvalue weighted by molar-refractivity contribution is 6.12. The highest BCUT2D eigenvalue weighted by Crippen LogP contribution is 2.35. The summed E-state index contributed by atoms with van der Waals surface area (Å²) in [5.41, 5.74) is 13.0. The molecule has 1 heterocycles. The average molecular weight is 334 g/mol. The Labute approximate surface area is 152 Å². The molecule has 124 valence electrons. The zero-order valence-corrected chi connectivity index (χ0v) is 14.3. The second kappa shape index (κ2) is 5.78. The van der Waals surface area contributed by atoms with Gasteiger partial charge in [0.1, 0.15) is 0 Å². The number of nitrogen functional groups attached to an aromatic ring is 1. The summed E-state index contributed by atoms with van der Waals surface area (Å²) < 4.78 is 2.27. The first-order valence-corrected chi connectivity index (χ1v) is 8.76. The molecule has 0 amide bonds. The molecule has 0 unspecified atom stereocenters. The molecule has 0 fully saturated rings. The standard InChI is InChI=1S/C24H18N2/c25-22-14-7-13-21-20-12-4-5-15-23(20)26(24(21)22)19-11-6-10-18(16-19)17-8-2-1-3-9-17/h1-16H,25H2.